The fraction of sp³-hybridized carbons (Fsp3) is 0.737. The Labute approximate surface area is 164 Å². The molecule has 2 N–H and O–H groups in total. The SMILES string of the molecule is Cc1noc(C)c1NC(=O)NC[C@H]1CC[C@H]2[C@H](CN2C(=O)C2CCOCC2)O1. The third kappa shape index (κ3) is 3.86. The molecule has 9 nitrogen and oxygen atoms in total. The zero-order valence-corrected chi connectivity index (χ0v) is 16.4. The highest BCUT2D eigenvalue weighted by Crippen LogP contribution is 2.34. The van der Waals surface area contributed by atoms with Gasteiger partial charge >= 0.3 is 6.03 Å². The van der Waals surface area contributed by atoms with Gasteiger partial charge in [-0.2, -0.15) is 0 Å². The van der Waals surface area contributed by atoms with E-state index >= 15 is 0 Å². The van der Waals surface area contributed by atoms with Crippen LogP contribution in [0.1, 0.15) is 37.1 Å². The van der Waals surface area contributed by atoms with Gasteiger partial charge in [-0.1, -0.05) is 5.16 Å². The fourth-order valence-corrected chi connectivity index (χ4v) is 4.27. The summed E-state index contributed by atoms with van der Waals surface area (Å²) in [7, 11) is 0. The molecule has 3 fully saturated rings. The molecular weight excluding hydrogens is 364 g/mol. The maximum Gasteiger partial charge on any atom is 0.319 e. The maximum absolute atomic E-state index is 12.7. The van der Waals surface area contributed by atoms with E-state index < -0.39 is 0 Å². The van der Waals surface area contributed by atoms with Gasteiger partial charge in [-0.15, -0.1) is 0 Å². The van der Waals surface area contributed by atoms with Gasteiger partial charge in [0.05, 0.1) is 18.2 Å². The van der Waals surface area contributed by atoms with Crippen LogP contribution in [0.3, 0.4) is 0 Å². The molecule has 3 atom stereocenters. The number of rotatable bonds is 4. The topological polar surface area (TPSA) is 106 Å². The van der Waals surface area contributed by atoms with E-state index in [1.807, 2.05) is 4.90 Å². The minimum atomic E-state index is -0.301. The number of anilines is 1. The molecule has 154 valence electrons. The molecule has 3 aliphatic rings. The maximum atomic E-state index is 12.7. The van der Waals surface area contributed by atoms with Crippen LogP contribution in [0.25, 0.3) is 0 Å². The number of nitrogens with one attached hydrogen (secondary N) is 2. The van der Waals surface area contributed by atoms with Gasteiger partial charge in [-0.25, -0.2) is 4.79 Å². The van der Waals surface area contributed by atoms with Crippen LogP contribution < -0.4 is 10.6 Å². The molecule has 0 unspecified atom stereocenters. The molecule has 4 rings (SSSR count). The lowest BCUT2D eigenvalue weighted by Crippen LogP contribution is -2.67. The average Bonchev–Trinajstić information content (AvgIpc) is 3.00. The number of urea groups is 1. The Bertz CT molecular complexity index is 710. The standard InChI is InChI=1S/C19H28N4O5/c1-11-17(12(2)28-22-11)21-19(25)20-9-14-3-4-15-16(27-14)10-23(15)18(24)13-5-7-26-8-6-13/h13-16H,3-10H2,1-2H3,(H2,20,21,25)/t14-,15+,16+/m1/s1. The Balaban J connectivity index is 1.20. The summed E-state index contributed by atoms with van der Waals surface area (Å²) in [4.78, 5) is 26.8. The Morgan fingerprint density at radius 3 is 2.64 bits per heavy atom. The van der Waals surface area contributed by atoms with Crippen molar-refractivity contribution in [2.24, 2.45) is 5.92 Å². The number of amides is 3. The summed E-state index contributed by atoms with van der Waals surface area (Å²) in [5, 5.41) is 9.44. The average molecular weight is 392 g/mol. The van der Waals surface area contributed by atoms with Gasteiger partial charge < -0.3 is 29.5 Å². The normalized spacial score (nSPS) is 27.6. The van der Waals surface area contributed by atoms with E-state index in [0.717, 1.165) is 25.7 Å². The summed E-state index contributed by atoms with van der Waals surface area (Å²) in [6.45, 7) is 5.98. The predicted molar refractivity (Wildman–Crippen MR) is 99.9 cm³/mol. The molecule has 3 aliphatic heterocycles. The van der Waals surface area contributed by atoms with Crippen molar-refractivity contribution in [2.45, 2.75) is 57.8 Å². The highest BCUT2D eigenvalue weighted by Gasteiger charge is 2.47. The highest BCUT2D eigenvalue weighted by atomic mass is 16.5. The lowest BCUT2D eigenvalue weighted by molar-refractivity contribution is -0.186. The Hall–Kier alpha value is -2.13. The smallest absolute Gasteiger partial charge is 0.319 e. The summed E-state index contributed by atoms with van der Waals surface area (Å²) in [5.41, 5.74) is 1.25. The van der Waals surface area contributed by atoms with E-state index in [1.54, 1.807) is 13.8 Å². The molecule has 1 aromatic heterocycles. The van der Waals surface area contributed by atoms with Gasteiger partial charge in [0.25, 0.3) is 0 Å². The largest absolute Gasteiger partial charge is 0.381 e. The van der Waals surface area contributed by atoms with Crippen LogP contribution in [0.15, 0.2) is 4.52 Å². The number of nitrogens with zero attached hydrogens (tertiary/aromatic N) is 2. The zero-order chi connectivity index (χ0) is 19.7. The molecule has 28 heavy (non-hydrogen) atoms. The second-order valence-electron chi connectivity index (χ2n) is 7.85. The summed E-state index contributed by atoms with van der Waals surface area (Å²) >= 11 is 0. The third-order valence-electron chi connectivity index (χ3n) is 5.97. The number of aromatic nitrogens is 1. The van der Waals surface area contributed by atoms with Crippen molar-refractivity contribution in [1.29, 1.82) is 0 Å². The van der Waals surface area contributed by atoms with Crippen LogP contribution in [0.4, 0.5) is 10.5 Å². The van der Waals surface area contributed by atoms with Crippen LogP contribution in [0.2, 0.25) is 0 Å². The minimum absolute atomic E-state index is 0.0306. The fourth-order valence-electron chi connectivity index (χ4n) is 4.27. The number of aryl methyl sites for hydroxylation is 2. The molecule has 0 radical (unpaired) electrons. The van der Waals surface area contributed by atoms with Gasteiger partial charge in [0.1, 0.15) is 11.4 Å². The first-order valence-electron chi connectivity index (χ1n) is 10.0. The van der Waals surface area contributed by atoms with Crippen molar-refractivity contribution < 1.29 is 23.6 Å². The summed E-state index contributed by atoms with van der Waals surface area (Å²) in [6.07, 6.45) is 3.43. The summed E-state index contributed by atoms with van der Waals surface area (Å²) in [6, 6.07) is -0.118. The van der Waals surface area contributed by atoms with Gasteiger partial charge in [0.2, 0.25) is 5.91 Å². The van der Waals surface area contributed by atoms with E-state index in [9.17, 15) is 9.59 Å². The van der Waals surface area contributed by atoms with Gasteiger partial charge in [0.15, 0.2) is 5.76 Å². The van der Waals surface area contributed by atoms with E-state index in [-0.39, 0.29) is 36.1 Å². The lowest BCUT2D eigenvalue weighted by Gasteiger charge is -2.53. The van der Waals surface area contributed by atoms with E-state index in [2.05, 4.69) is 15.8 Å². The molecule has 9 heteroatoms. The molecule has 4 heterocycles. The summed E-state index contributed by atoms with van der Waals surface area (Å²) < 4.78 is 16.5. The van der Waals surface area contributed by atoms with E-state index in [1.165, 1.54) is 0 Å². The first-order valence-corrected chi connectivity index (χ1v) is 10.0. The number of hydrogen-bond acceptors (Lipinski definition) is 6. The van der Waals surface area contributed by atoms with Crippen molar-refractivity contribution in [3.05, 3.63) is 11.5 Å². The molecular formula is C19H28N4O5. The number of ether oxygens (including phenoxy) is 2. The monoisotopic (exact) mass is 392 g/mol. The quantitative estimate of drug-likeness (QED) is 0.806. The minimum Gasteiger partial charge on any atom is -0.381 e. The molecule has 0 aliphatic carbocycles. The van der Waals surface area contributed by atoms with Gasteiger partial charge in [-0.3, -0.25) is 4.79 Å². The van der Waals surface area contributed by atoms with E-state index in [4.69, 9.17) is 14.0 Å². The number of hydrogen-bond donors (Lipinski definition) is 2. The van der Waals surface area contributed by atoms with Gasteiger partial charge in [0, 0.05) is 32.2 Å². The number of fused-ring (bicyclic) bond motifs is 1. The Kier molecular flexibility index (Phi) is 5.54. The van der Waals surface area contributed by atoms with Crippen molar-refractivity contribution in [3.8, 4) is 0 Å². The van der Waals surface area contributed by atoms with Crippen molar-refractivity contribution in [1.82, 2.24) is 15.4 Å². The molecule has 3 amide bonds. The summed E-state index contributed by atoms with van der Waals surface area (Å²) in [5.74, 6) is 0.929. The van der Waals surface area contributed by atoms with Crippen LogP contribution >= 0.6 is 0 Å². The second kappa shape index (κ2) is 8.08. The number of carbonyl (C=O) groups is 2. The Morgan fingerprint density at radius 1 is 1.18 bits per heavy atom. The van der Waals surface area contributed by atoms with Crippen molar-refractivity contribution in [2.75, 3.05) is 31.6 Å². The molecule has 0 aromatic carbocycles. The highest BCUT2D eigenvalue weighted by molar-refractivity contribution is 5.90. The number of likely N-dealkylation sites (tertiary alicyclic amines) is 1. The second-order valence-corrected chi connectivity index (χ2v) is 7.85. The van der Waals surface area contributed by atoms with Crippen LogP contribution in [0.5, 0.6) is 0 Å². The van der Waals surface area contributed by atoms with E-state index in [0.29, 0.717) is 43.4 Å². The number of carbonyl (C=O) groups excluding carboxylic acids is 2. The first-order chi connectivity index (χ1) is 13.5. The van der Waals surface area contributed by atoms with Crippen LogP contribution in [-0.2, 0) is 14.3 Å². The van der Waals surface area contributed by atoms with Crippen molar-refractivity contribution in [3.63, 3.8) is 0 Å². The molecule has 1 aromatic rings. The molecule has 3 saturated heterocycles. The Morgan fingerprint density at radius 2 is 1.96 bits per heavy atom. The first kappa shape index (κ1) is 19.2. The lowest BCUT2D eigenvalue weighted by atomic mass is 9.87. The zero-order valence-electron chi connectivity index (χ0n) is 16.4. The molecule has 0 saturated carbocycles. The molecule has 0 bridgehead atoms. The van der Waals surface area contributed by atoms with Crippen LogP contribution in [0, 0.1) is 19.8 Å². The van der Waals surface area contributed by atoms with Crippen LogP contribution in [-0.4, -0.2) is 66.5 Å². The van der Waals surface area contributed by atoms with Gasteiger partial charge in [-0.05, 0) is 39.5 Å². The van der Waals surface area contributed by atoms with Crippen molar-refractivity contribution >= 4 is 17.6 Å². The predicted octanol–water partition coefficient (Wildman–Crippen LogP) is 1.60. The third-order valence-corrected chi connectivity index (χ3v) is 5.97. The molecule has 0 spiro atoms.